The molecule has 5 rings (SSSR count). The fraction of sp³-hybridized carbons (Fsp3) is 0.667. The lowest BCUT2D eigenvalue weighted by Gasteiger charge is -2.57. The zero-order chi connectivity index (χ0) is 17.6. The first-order valence-corrected chi connectivity index (χ1v) is 10.1. The Kier molecular flexibility index (Phi) is 4.07. The maximum Gasteiger partial charge on any atom is 0.191 e. The van der Waals surface area contributed by atoms with Gasteiger partial charge in [0.15, 0.2) is 5.96 Å². The van der Waals surface area contributed by atoms with Crippen molar-refractivity contribution in [3.63, 3.8) is 0 Å². The molecular formula is C21H29N3O2. The first-order chi connectivity index (χ1) is 12.8. The maximum absolute atomic E-state index is 6.09. The topological polar surface area (TPSA) is 54.9 Å². The molecule has 5 nitrogen and oxygen atoms in total. The van der Waals surface area contributed by atoms with Gasteiger partial charge in [0, 0.05) is 37.5 Å². The minimum atomic E-state index is 0.176. The van der Waals surface area contributed by atoms with Crippen LogP contribution in [0.15, 0.2) is 29.3 Å². The number of fused-ring (bicyclic) bond motifs is 3. The molecule has 140 valence electrons. The molecule has 1 saturated heterocycles. The minimum Gasteiger partial charge on any atom is -0.488 e. The fourth-order valence-electron chi connectivity index (χ4n) is 5.82. The van der Waals surface area contributed by atoms with Gasteiger partial charge in [-0.05, 0) is 30.9 Å². The van der Waals surface area contributed by atoms with Crippen LogP contribution < -0.4 is 15.4 Å². The van der Waals surface area contributed by atoms with Gasteiger partial charge in [-0.15, -0.1) is 0 Å². The SMILES string of the molecule is CN=C(NCC1Cc2ccccc2O1)NC1C2CCOC2C12CCCC2. The Morgan fingerprint density at radius 3 is 2.92 bits per heavy atom. The minimum absolute atomic E-state index is 0.176. The number of rotatable bonds is 3. The summed E-state index contributed by atoms with van der Waals surface area (Å²) >= 11 is 0. The Morgan fingerprint density at radius 2 is 2.12 bits per heavy atom. The summed E-state index contributed by atoms with van der Waals surface area (Å²) in [6.07, 6.45) is 8.07. The third kappa shape index (κ3) is 2.51. The van der Waals surface area contributed by atoms with Crippen LogP contribution in [0.4, 0.5) is 0 Å². The zero-order valence-electron chi connectivity index (χ0n) is 15.5. The number of para-hydroxylation sites is 1. The summed E-state index contributed by atoms with van der Waals surface area (Å²) in [5.74, 6) is 2.59. The zero-order valence-corrected chi connectivity index (χ0v) is 15.5. The lowest BCUT2D eigenvalue weighted by atomic mass is 9.54. The third-order valence-electron chi connectivity index (χ3n) is 7.01. The molecule has 4 aliphatic rings. The van der Waals surface area contributed by atoms with Gasteiger partial charge in [-0.2, -0.15) is 0 Å². The van der Waals surface area contributed by atoms with E-state index in [1.807, 2.05) is 13.1 Å². The van der Waals surface area contributed by atoms with Crippen LogP contribution in [0.1, 0.15) is 37.7 Å². The van der Waals surface area contributed by atoms with E-state index in [-0.39, 0.29) is 6.10 Å². The van der Waals surface area contributed by atoms with E-state index in [2.05, 4.69) is 33.8 Å². The number of hydrogen-bond acceptors (Lipinski definition) is 3. The number of nitrogens with zero attached hydrogens (tertiary/aromatic N) is 1. The fourth-order valence-corrected chi connectivity index (χ4v) is 5.82. The van der Waals surface area contributed by atoms with E-state index in [9.17, 15) is 0 Å². The lowest BCUT2D eigenvalue weighted by molar-refractivity contribution is -0.125. The number of aliphatic imine (C=N–C) groups is 1. The summed E-state index contributed by atoms with van der Waals surface area (Å²) in [4.78, 5) is 4.49. The van der Waals surface area contributed by atoms with Gasteiger partial charge in [0.2, 0.25) is 0 Å². The van der Waals surface area contributed by atoms with Gasteiger partial charge in [-0.25, -0.2) is 0 Å². The molecule has 2 N–H and O–H groups in total. The van der Waals surface area contributed by atoms with E-state index in [0.717, 1.165) is 31.3 Å². The van der Waals surface area contributed by atoms with Gasteiger partial charge >= 0.3 is 0 Å². The first-order valence-electron chi connectivity index (χ1n) is 10.1. The summed E-state index contributed by atoms with van der Waals surface area (Å²) in [6.45, 7) is 1.70. The van der Waals surface area contributed by atoms with Gasteiger partial charge in [0.1, 0.15) is 11.9 Å². The molecule has 3 fully saturated rings. The van der Waals surface area contributed by atoms with Gasteiger partial charge in [0.05, 0.1) is 12.6 Å². The summed E-state index contributed by atoms with van der Waals surface area (Å²) < 4.78 is 12.1. The Hall–Kier alpha value is -1.75. The van der Waals surface area contributed by atoms with E-state index < -0.39 is 0 Å². The summed E-state index contributed by atoms with van der Waals surface area (Å²) in [7, 11) is 1.86. The molecular weight excluding hydrogens is 326 g/mol. The van der Waals surface area contributed by atoms with Gasteiger partial charge in [-0.3, -0.25) is 4.99 Å². The predicted octanol–water partition coefficient (Wildman–Crippen LogP) is 2.50. The molecule has 5 heteroatoms. The quantitative estimate of drug-likeness (QED) is 0.646. The van der Waals surface area contributed by atoms with Gasteiger partial charge in [0.25, 0.3) is 0 Å². The molecule has 1 spiro atoms. The summed E-state index contributed by atoms with van der Waals surface area (Å²) in [6, 6.07) is 8.83. The molecule has 26 heavy (non-hydrogen) atoms. The van der Waals surface area contributed by atoms with Crippen molar-refractivity contribution < 1.29 is 9.47 Å². The van der Waals surface area contributed by atoms with Crippen LogP contribution in [0.2, 0.25) is 0 Å². The number of hydrogen-bond donors (Lipinski definition) is 2. The Labute approximate surface area is 155 Å². The summed E-state index contributed by atoms with van der Waals surface area (Å²) in [5.41, 5.74) is 1.65. The Morgan fingerprint density at radius 1 is 1.27 bits per heavy atom. The third-order valence-corrected chi connectivity index (χ3v) is 7.01. The monoisotopic (exact) mass is 355 g/mol. The molecule has 2 aliphatic carbocycles. The van der Waals surface area contributed by atoms with E-state index in [1.165, 1.54) is 37.7 Å². The highest BCUT2D eigenvalue weighted by atomic mass is 16.5. The van der Waals surface area contributed by atoms with Crippen molar-refractivity contribution in [3.05, 3.63) is 29.8 Å². The van der Waals surface area contributed by atoms with E-state index in [0.29, 0.717) is 23.5 Å². The second-order valence-electron chi connectivity index (χ2n) is 8.31. The Balaban J connectivity index is 1.20. The van der Waals surface area contributed by atoms with Crippen LogP contribution in [0.25, 0.3) is 0 Å². The van der Waals surface area contributed by atoms with Crippen molar-refractivity contribution in [2.75, 3.05) is 20.2 Å². The van der Waals surface area contributed by atoms with Crippen LogP contribution in [-0.2, 0) is 11.2 Å². The molecule has 2 heterocycles. The lowest BCUT2D eigenvalue weighted by Crippen LogP contribution is -2.69. The number of ether oxygens (including phenoxy) is 2. The highest BCUT2D eigenvalue weighted by Crippen LogP contribution is 2.60. The molecule has 4 atom stereocenters. The smallest absolute Gasteiger partial charge is 0.191 e. The van der Waals surface area contributed by atoms with E-state index in [4.69, 9.17) is 9.47 Å². The highest BCUT2D eigenvalue weighted by Gasteiger charge is 2.65. The average molecular weight is 355 g/mol. The molecule has 0 bridgehead atoms. The van der Waals surface area contributed by atoms with Crippen LogP contribution in [0, 0.1) is 11.3 Å². The largest absolute Gasteiger partial charge is 0.488 e. The normalized spacial score (nSPS) is 34.1. The van der Waals surface area contributed by atoms with Crippen molar-refractivity contribution in [2.45, 2.75) is 56.8 Å². The maximum atomic E-state index is 6.09. The van der Waals surface area contributed by atoms with Gasteiger partial charge in [-0.1, -0.05) is 31.0 Å². The van der Waals surface area contributed by atoms with E-state index >= 15 is 0 Å². The van der Waals surface area contributed by atoms with Crippen LogP contribution in [0.5, 0.6) is 5.75 Å². The second kappa shape index (κ2) is 6.45. The molecule has 1 aromatic carbocycles. The van der Waals surface area contributed by atoms with Crippen LogP contribution >= 0.6 is 0 Å². The average Bonchev–Trinajstić information content (AvgIpc) is 3.39. The van der Waals surface area contributed by atoms with Crippen molar-refractivity contribution in [1.82, 2.24) is 10.6 Å². The molecule has 2 aliphatic heterocycles. The van der Waals surface area contributed by atoms with Gasteiger partial charge < -0.3 is 20.1 Å². The molecule has 0 radical (unpaired) electrons. The van der Waals surface area contributed by atoms with E-state index in [1.54, 1.807) is 0 Å². The summed E-state index contributed by atoms with van der Waals surface area (Å²) in [5, 5.41) is 7.26. The first kappa shape index (κ1) is 16.4. The molecule has 4 unspecified atom stereocenters. The molecule has 0 aromatic heterocycles. The van der Waals surface area contributed by atoms with Crippen molar-refractivity contribution in [2.24, 2.45) is 16.3 Å². The number of guanidine groups is 1. The molecule has 1 aromatic rings. The second-order valence-corrected chi connectivity index (χ2v) is 8.31. The standard InChI is InChI=1S/C21H29N3O2/c1-22-20(23-13-15-12-14-6-2-3-7-17(14)26-15)24-18-16-8-11-25-19(16)21(18)9-4-5-10-21/h2-3,6-7,15-16,18-19H,4-5,8-13H2,1H3,(H2,22,23,24). The van der Waals surface area contributed by atoms with Crippen molar-refractivity contribution in [1.29, 1.82) is 0 Å². The highest BCUT2D eigenvalue weighted by molar-refractivity contribution is 5.80. The number of benzene rings is 1. The number of nitrogens with one attached hydrogen (secondary N) is 2. The Bertz CT molecular complexity index is 673. The van der Waals surface area contributed by atoms with Crippen molar-refractivity contribution >= 4 is 5.96 Å². The van der Waals surface area contributed by atoms with Crippen LogP contribution in [-0.4, -0.2) is 44.4 Å². The molecule has 2 saturated carbocycles. The van der Waals surface area contributed by atoms with Crippen molar-refractivity contribution in [3.8, 4) is 5.75 Å². The van der Waals surface area contributed by atoms with Crippen LogP contribution in [0.3, 0.4) is 0 Å². The molecule has 0 amide bonds. The predicted molar refractivity (Wildman–Crippen MR) is 102 cm³/mol.